The lowest BCUT2D eigenvalue weighted by molar-refractivity contribution is 0.0300. The maximum atomic E-state index is 12.2. The van der Waals surface area contributed by atoms with Crippen LogP contribution in [0.3, 0.4) is 0 Å². The molecule has 1 aliphatic rings. The summed E-state index contributed by atoms with van der Waals surface area (Å²) in [5.41, 5.74) is 9.79. The van der Waals surface area contributed by atoms with E-state index in [0.717, 1.165) is 27.8 Å². The molecule has 0 heterocycles. The molecule has 0 fully saturated rings. The molecular weight excluding hydrogens is 557 g/mol. The number of benzene rings is 4. The quantitative estimate of drug-likeness (QED) is 0.191. The van der Waals surface area contributed by atoms with Crippen LogP contribution in [-0.2, 0) is 20.2 Å². The van der Waals surface area contributed by atoms with Gasteiger partial charge in [-0.3, -0.25) is 0 Å². The van der Waals surface area contributed by atoms with E-state index < -0.39 is 15.4 Å². The standard InChI is InChI=1S/C37H38O3S2/c1-25(2)31-9-7-8-10-33(31)37(40-4)23-21-29(22-24-37)36-34(41-5)20-19-32(35(36)28-13-11-26(3)12-14-28)27-15-17-30(18-16-27)42(6,38)39/h7-23,25H,24H2,1-6H3. The number of allylic oxidation sites excluding steroid dienone is 2. The van der Waals surface area contributed by atoms with Crippen LogP contribution in [0.2, 0.25) is 0 Å². The molecule has 5 heteroatoms. The second-order valence-corrected chi connectivity index (χ2v) is 14.1. The summed E-state index contributed by atoms with van der Waals surface area (Å²) >= 11 is 1.73. The summed E-state index contributed by atoms with van der Waals surface area (Å²) in [5.74, 6) is 0.383. The Morgan fingerprint density at radius 2 is 1.52 bits per heavy atom. The molecule has 1 unspecified atom stereocenters. The van der Waals surface area contributed by atoms with Gasteiger partial charge in [-0.05, 0) is 82.3 Å². The highest BCUT2D eigenvalue weighted by molar-refractivity contribution is 7.98. The average Bonchev–Trinajstić information content (AvgIpc) is 3.00. The third kappa shape index (κ3) is 5.78. The fourth-order valence-electron chi connectivity index (χ4n) is 5.84. The third-order valence-electron chi connectivity index (χ3n) is 8.17. The van der Waals surface area contributed by atoms with Crippen molar-refractivity contribution < 1.29 is 13.2 Å². The highest BCUT2D eigenvalue weighted by atomic mass is 32.2. The Hall–Kier alpha value is -3.38. The van der Waals surface area contributed by atoms with E-state index in [-0.39, 0.29) is 0 Å². The molecule has 0 N–H and O–H groups in total. The average molecular weight is 595 g/mol. The topological polar surface area (TPSA) is 43.4 Å². The summed E-state index contributed by atoms with van der Waals surface area (Å²) in [5, 5.41) is 0. The van der Waals surface area contributed by atoms with Crippen LogP contribution in [0.25, 0.3) is 27.8 Å². The molecule has 42 heavy (non-hydrogen) atoms. The van der Waals surface area contributed by atoms with Crippen molar-refractivity contribution in [1.29, 1.82) is 0 Å². The van der Waals surface area contributed by atoms with Gasteiger partial charge < -0.3 is 4.74 Å². The van der Waals surface area contributed by atoms with Crippen LogP contribution in [0.15, 0.2) is 113 Å². The Morgan fingerprint density at radius 1 is 0.857 bits per heavy atom. The molecule has 1 aliphatic carbocycles. The summed E-state index contributed by atoms with van der Waals surface area (Å²) in [6.45, 7) is 6.55. The van der Waals surface area contributed by atoms with Crippen LogP contribution in [0.5, 0.6) is 0 Å². The summed E-state index contributed by atoms with van der Waals surface area (Å²) in [7, 11) is -1.49. The lowest BCUT2D eigenvalue weighted by Crippen LogP contribution is -2.28. The summed E-state index contributed by atoms with van der Waals surface area (Å²) in [6, 6.07) is 28.8. The number of thioether (sulfide) groups is 1. The van der Waals surface area contributed by atoms with Gasteiger partial charge in [0.25, 0.3) is 0 Å². The molecule has 0 amide bonds. The molecule has 3 nitrogen and oxygen atoms in total. The minimum Gasteiger partial charge on any atom is -0.369 e. The summed E-state index contributed by atoms with van der Waals surface area (Å²) in [6.07, 6.45) is 10.8. The zero-order chi connectivity index (χ0) is 30.1. The maximum absolute atomic E-state index is 12.2. The van der Waals surface area contributed by atoms with E-state index in [1.807, 2.05) is 12.1 Å². The molecule has 0 saturated carbocycles. The molecule has 0 bridgehead atoms. The number of hydrogen-bond donors (Lipinski definition) is 0. The Bertz CT molecular complexity index is 1760. The van der Waals surface area contributed by atoms with Crippen molar-refractivity contribution in [2.75, 3.05) is 19.6 Å². The molecule has 1 atom stereocenters. The molecule has 216 valence electrons. The molecule has 4 aromatic rings. The second kappa shape index (κ2) is 12.1. The van der Waals surface area contributed by atoms with Crippen LogP contribution in [-0.4, -0.2) is 28.0 Å². The van der Waals surface area contributed by atoms with E-state index in [0.29, 0.717) is 17.2 Å². The van der Waals surface area contributed by atoms with Gasteiger partial charge in [0.2, 0.25) is 0 Å². The molecule has 0 aromatic heterocycles. The van der Waals surface area contributed by atoms with Crippen LogP contribution in [0.4, 0.5) is 0 Å². The van der Waals surface area contributed by atoms with Crippen molar-refractivity contribution in [3.05, 3.63) is 125 Å². The first-order valence-electron chi connectivity index (χ1n) is 14.2. The Morgan fingerprint density at radius 3 is 2.10 bits per heavy atom. The highest BCUT2D eigenvalue weighted by Crippen LogP contribution is 2.46. The van der Waals surface area contributed by atoms with Gasteiger partial charge in [0.15, 0.2) is 9.84 Å². The van der Waals surface area contributed by atoms with Crippen molar-refractivity contribution in [2.24, 2.45) is 0 Å². The summed E-state index contributed by atoms with van der Waals surface area (Å²) in [4.78, 5) is 1.50. The van der Waals surface area contributed by atoms with Crippen LogP contribution >= 0.6 is 11.8 Å². The van der Waals surface area contributed by atoms with Crippen LogP contribution in [0, 0.1) is 6.92 Å². The van der Waals surface area contributed by atoms with Crippen LogP contribution in [0.1, 0.15) is 48.4 Å². The van der Waals surface area contributed by atoms with Crippen molar-refractivity contribution in [2.45, 2.75) is 48.5 Å². The maximum Gasteiger partial charge on any atom is 0.175 e. The largest absolute Gasteiger partial charge is 0.369 e. The van der Waals surface area contributed by atoms with Crippen molar-refractivity contribution in [1.82, 2.24) is 0 Å². The number of hydrogen-bond acceptors (Lipinski definition) is 4. The van der Waals surface area contributed by atoms with Gasteiger partial charge >= 0.3 is 0 Å². The molecular formula is C37H38O3S2. The fourth-order valence-corrected chi connectivity index (χ4v) is 7.10. The van der Waals surface area contributed by atoms with Crippen molar-refractivity contribution >= 4 is 27.2 Å². The van der Waals surface area contributed by atoms with Gasteiger partial charge in [-0.1, -0.05) is 98.3 Å². The fraction of sp³-hybridized carbons (Fsp3) is 0.243. The predicted molar refractivity (Wildman–Crippen MR) is 178 cm³/mol. The zero-order valence-corrected chi connectivity index (χ0v) is 26.8. The molecule has 5 rings (SSSR count). The normalized spacial score (nSPS) is 17.0. The van der Waals surface area contributed by atoms with Gasteiger partial charge in [-0.15, -0.1) is 11.8 Å². The third-order valence-corrected chi connectivity index (χ3v) is 10.1. The van der Waals surface area contributed by atoms with Gasteiger partial charge in [0, 0.05) is 30.2 Å². The molecule has 0 radical (unpaired) electrons. The number of methoxy groups -OCH3 is 1. The molecule has 0 aliphatic heterocycles. The number of aryl methyl sites for hydroxylation is 1. The number of sulfone groups is 1. The monoisotopic (exact) mass is 594 g/mol. The highest BCUT2D eigenvalue weighted by Gasteiger charge is 2.34. The van der Waals surface area contributed by atoms with E-state index in [1.165, 1.54) is 33.4 Å². The van der Waals surface area contributed by atoms with Gasteiger partial charge in [-0.25, -0.2) is 8.42 Å². The first-order valence-corrected chi connectivity index (χ1v) is 17.3. The van der Waals surface area contributed by atoms with E-state index in [2.05, 4.69) is 106 Å². The smallest absolute Gasteiger partial charge is 0.175 e. The number of rotatable bonds is 8. The zero-order valence-electron chi connectivity index (χ0n) is 25.1. The summed E-state index contributed by atoms with van der Waals surface area (Å²) < 4.78 is 30.6. The predicted octanol–water partition coefficient (Wildman–Crippen LogP) is 9.46. The van der Waals surface area contributed by atoms with Crippen LogP contribution < -0.4 is 0 Å². The minimum atomic E-state index is -3.28. The second-order valence-electron chi connectivity index (χ2n) is 11.3. The Balaban J connectivity index is 1.69. The van der Waals surface area contributed by atoms with E-state index in [1.54, 1.807) is 31.0 Å². The Kier molecular flexibility index (Phi) is 8.66. The Labute approximate surface area is 255 Å². The molecule has 0 saturated heterocycles. The lowest BCUT2D eigenvalue weighted by atomic mass is 9.78. The SMILES string of the molecule is COC1(c2ccccc2C(C)C)C=CC(c2c(SC)ccc(-c3ccc(S(C)(=O)=O)cc3)c2-c2ccc(C)cc2)=CC1. The van der Waals surface area contributed by atoms with E-state index in [4.69, 9.17) is 4.74 Å². The first kappa shape index (κ1) is 30.1. The minimum absolute atomic E-state index is 0.319. The molecule has 4 aromatic carbocycles. The van der Waals surface area contributed by atoms with Gasteiger partial charge in [0.1, 0.15) is 5.60 Å². The van der Waals surface area contributed by atoms with E-state index in [9.17, 15) is 8.42 Å². The first-order chi connectivity index (χ1) is 20.1. The lowest BCUT2D eigenvalue weighted by Gasteiger charge is -2.34. The molecule has 0 spiro atoms. The van der Waals surface area contributed by atoms with Gasteiger partial charge in [0.05, 0.1) is 4.90 Å². The van der Waals surface area contributed by atoms with Crippen molar-refractivity contribution in [3.63, 3.8) is 0 Å². The number of ether oxygens (including phenoxy) is 1. The van der Waals surface area contributed by atoms with Gasteiger partial charge in [-0.2, -0.15) is 0 Å². The van der Waals surface area contributed by atoms with E-state index >= 15 is 0 Å². The van der Waals surface area contributed by atoms with Crippen molar-refractivity contribution in [3.8, 4) is 22.3 Å².